The van der Waals surface area contributed by atoms with E-state index in [2.05, 4.69) is 17.2 Å². The van der Waals surface area contributed by atoms with Crippen molar-refractivity contribution in [3.05, 3.63) is 118 Å². The number of rotatable bonds is 7. The van der Waals surface area contributed by atoms with E-state index in [-0.39, 0.29) is 11.5 Å². The largest absolute Gasteiger partial charge is 0.392 e. The number of thiophene rings is 1. The van der Waals surface area contributed by atoms with E-state index in [1.165, 1.54) is 17.8 Å². The van der Waals surface area contributed by atoms with Gasteiger partial charge in [0.1, 0.15) is 22.4 Å². The van der Waals surface area contributed by atoms with Crippen molar-refractivity contribution >= 4 is 40.5 Å². The van der Waals surface area contributed by atoms with Crippen LogP contribution in [0.3, 0.4) is 0 Å². The Labute approximate surface area is 223 Å². The van der Waals surface area contributed by atoms with E-state index in [0.717, 1.165) is 21.6 Å². The molecule has 2 aromatic heterocycles. The van der Waals surface area contributed by atoms with Gasteiger partial charge in [0.05, 0.1) is 12.3 Å². The van der Waals surface area contributed by atoms with Crippen LogP contribution < -0.4 is 10.6 Å². The number of hydrogen-bond donors (Lipinski definition) is 3. The number of thioether (sulfide) groups is 1. The average molecular weight is 532 g/mol. The molecule has 5 nitrogen and oxygen atoms in total. The topological polar surface area (TPSA) is 74.2 Å². The number of carbonyl (C=O) groups is 1. The van der Waals surface area contributed by atoms with E-state index < -0.39 is 23.2 Å². The molecule has 0 bridgehead atoms. The minimum atomic E-state index is -0.867. The smallest absolute Gasteiger partial charge is 0.238 e. The zero-order chi connectivity index (χ0) is 26.0. The summed E-state index contributed by atoms with van der Waals surface area (Å²) in [5, 5.41) is 19.5. The van der Waals surface area contributed by atoms with Crippen LogP contribution >= 0.6 is 23.1 Å². The van der Waals surface area contributed by atoms with Crippen molar-refractivity contribution in [1.82, 2.24) is 10.3 Å². The Morgan fingerprint density at radius 3 is 2.78 bits per heavy atom. The van der Waals surface area contributed by atoms with E-state index >= 15 is 0 Å². The minimum absolute atomic E-state index is 0.109. The van der Waals surface area contributed by atoms with Gasteiger partial charge < -0.3 is 15.7 Å². The summed E-state index contributed by atoms with van der Waals surface area (Å²) < 4.78 is 13.8. The third-order valence-electron chi connectivity index (χ3n) is 6.46. The standard InChI is InChI=1S/C29H26FN3O2S2/c1-18-6-3-4-7-24(18)37-27-19(2)15-29(33-28(27)35,21-12-13-36-17-21)25-8-5-9-26(32-25)31-22-10-11-23(30)20(14-22)16-34/h3-14,17,27,34H,2,15-16H2,1H3,(H,31,32)(H,33,35). The number of nitrogens with zero attached hydrogens (tertiary/aromatic N) is 1. The van der Waals surface area contributed by atoms with Gasteiger partial charge in [-0.05, 0) is 71.3 Å². The molecule has 3 heterocycles. The summed E-state index contributed by atoms with van der Waals surface area (Å²) >= 11 is 3.08. The molecule has 0 aliphatic carbocycles. The number of aliphatic hydroxyl groups excluding tert-OH is 1. The number of piperidine rings is 1. The zero-order valence-corrected chi connectivity index (χ0v) is 21.8. The fourth-order valence-electron chi connectivity index (χ4n) is 4.54. The van der Waals surface area contributed by atoms with Gasteiger partial charge in [0, 0.05) is 22.6 Å². The highest BCUT2D eigenvalue weighted by molar-refractivity contribution is 8.00. The Morgan fingerprint density at radius 2 is 2.05 bits per heavy atom. The molecular weight excluding hydrogens is 505 g/mol. The van der Waals surface area contributed by atoms with Crippen LogP contribution in [0.1, 0.15) is 28.8 Å². The Bertz CT molecular complexity index is 1440. The second-order valence-electron chi connectivity index (χ2n) is 9.00. The number of nitrogens with one attached hydrogen (secondary N) is 2. The molecule has 1 fully saturated rings. The number of aryl methyl sites for hydroxylation is 1. The molecule has 3 N–H and O–H groups in total. The monoisotopic (exact) mass is 531 g/mol. The third-order valence-corrected chi connectivity index (χ3v) is 8.64. The maximum absolute atomic E-state index is 13.8. The van der Waals surface area contributed by atoms with Crippen molar-refractivity contribution in [3.63, 3.8) is 0 Å². The molecule has 1 aliphatic rings. The van der Waals surface area contributed by atoms with Gasteiger partial charge in [-0.25, -0.2) is 9.37 Å². The zero-order valence-electron chi connectivity index (χ0n) is 20.2. The number of amides is 1. The third kappa shape index (κ3) is 5.05. The molecule has 0 radical (unpaired) electrons. The first-order chi connectivity index (χ1) is 17.9. The summed E-state index contributed by atoms with van der Waals surface area (Å²) in [7, 11) is 0. The normalized spacial score (nSPS) is 19.5. The van der Waals surface area contributed by atoms with Gasteiger partial charge in [-0.3, -0.25) is 4.79 Å². The van der Waals surface area contributed by atoms with Crippen molar-refractivity contribution in [2.45, 2.75) is 35.6 Å². The highest BCUT2D eigenvalue weighted by Crippen LogP contribution is 2.44. The van der Waals surface area contributed by atoms with E-state index in [9.17, 15) is 14.3 Å². The number of aromatic nitrogens is 1. The van der Waals surface area contributed by atoms with E-state index in [4.69, 9.17) is 4.98 Å². The number of carbonyl (C=O) groups excluding carboxylic acids is 1. The van der Waals surface area contributed by atoms with Crippen LogP contribution in [0.25, 0.3) is 0 Å². The second-order valence-corrected chi connectivity index (χ2v) is 10.9. The lowest BCUT2D eigenvalue weighted by Gasteiger charge is -2.41. The van der Waals surface area contributed by atoms with Crippen molar-refractivity contribution in [2.75, 3.05) is 5.32 Å². The number of aliphatic hydroxyl groups is 1. The number of hydrogen-bond acceptors (Lipinski definition) is 6. The van der Waals surface area contributed by atoms with Crippen LogP contribution in [-0.2, 0) is 16.9 Å². The van der Waals surface area contributed by atoms with Gasteiger partial charge in [0.15, 0.2) is 0 Å². The Hall–Kier alpha value is -3.46. The van der Waals surface area contributed by atoms with E-state index in [0.29, 0.717) is 23.6 Å². The lowest BCUT2D eigenvalue weighted by molar-refractivity contribution is -0.122. The van der Waals surface area contributed by atoms with Crippen molar-refractivity contribution in [3.8, 4) is 0 Å². The van der Waals surface area contributed by atoms with Gasteiger partial charge in [-0.2, -0.15) is 11.3 Å². The minimum Gasteiger partial charge on any atom is -0.392 e. The molecule has 37 heavy (non-hydrogen) atoms. The Morgan fingerprint density at radius 1 is 1.22 bits per heavy atom. The summed E-state index contributed by atoms with van der Waals surface area (Å²) in [4.78, 5) is 19.5. The van der Waals surface area contributed by atoms with Gasteiger partial charge in [0.25, 0.3) is 0 Å². The molecule has 0 saturated carbocycles. The molecule has 2 aromatic carbocycles. The van der Waals surface area contributed by atoms with Crippen molar-refractivity contribution in [2.24, 2.45) is 0 Å². The first-order valence-corrected chi connectivity index (χ1v) is 13.6. The lowest BCUT2D eigenvalue weighted by atomic mass is 9.78. The van der Waals surface area contributed by atoms with Gasteiger partial charge in [0.2, 0.25) is 5.91 Å². The maximum Gasteiger partial charge on any atom is 0.238 e. The van der Waals surface area contributed by atoms with Gasteiger partial charge in [-0.1, -0.05) is 36.4 Å². The van der Waals surface area contributed by atoms with E-state index in [1.807, 2.05) is 66.2 Å². The number of benzene rings is 2. The van der Waals surface area contributed by atoms with Crippen LogP contribution in [0.4, 0.5) is 15.9 Å². The van der Waals surface area contributed by atoms with Crippen LogP contribution in [0, 0.1) is 12.7 Å². The van der Waals surface area contributed by atoms with Crippen molar-refractivity contribution < 1.29 is 14.3 Å². The molecule has 1 amide bonds. The summed E-state index contributed by atoms with van der Waals surface area (Å²) in [5.41, 5.74) is 3.50. The molecular formula is C29H26FN3O2S2. The van der Waals surface area contributed by atoms with Gasteiger partial charge in [-0.15, -0.1) is 11.8 Å². The Balaban J connectivity index is 1.47. The lowest BCUT2D eigenvalue weighted by Crippen LogP contribution is -2.55. The fraction of sp³-hybridized carbons (Fsp3) is 0.172. The van der Waals surface area contributed by atoms with Crippen molar-refractivity contribution in [1.29, 1.82) is 0 Å². The molecule has 4 aromatic rings. The number of halogens is 1. The summed E-state index contributed by atoms with van der Waals surface area (Å²) in [6.07, 6.45) is 0.501. The van der Waals surface area contributed by atoms with E-state index in [1.54, 1.807) is 23.5 Å². The van der Waals surface area contributed by atoms with Crippen LogP contribution in [0.2, 0.25) is 0 Å². The molecule has 1 aliphatic heterocycles. The summed E-state index contributed by atoms with van der Waals surface area (Å²) in [6.45, 7) is 5.98. The first kappa shape index (κ1) is 25.2. The molecule has 2 atom stereocenters. The average Bonchev–Trinajstić information content (AvgIpc) is 3.44. The SMILES string of the molecule is C=C1CC(c2ccsc2)(c2cccc(Nc3ccc(F)c(CO)c3)n2)NC(=O)C1Sc1ccccc1C. The quantitative estimate of drug-likeness (QED) is 0.244. The predicted octanol–water partition coefficient (Wildman–Crippen LogP) is 6.31. The maximum atomic E-state index is 13.8. The van der Waals surface area contributed by atoms with Gasteiger partial charge >= 0.3 is 0 Å². The molecule has 1 saturated heterocycles. The van der Waals surface area contributed by atoms with Crippen LogP contribution in [-0.4, -0.2) is 21.2 Å². The summed E-state index contributed by atoms with van der Waals surface area (Å²) in [6, 6.07) is 20.1. The highest BCUT2D eigenvalue weighted by Gasteiger charge is 2.46. The molecule has 2 unspecified atom stereocenters. The fourth-order valence-corrected chi connectivity index (χ4v) is 6.35. The predicted molar refractivity (Wildman–Crippen MR) is 148 cm³/mol. The van der Waals surface area contributed by atoms with Crippen LogP contribution in [0.5, 0.6) is 0 Å². The second kappa shape index (κ2) is 10.5. The summed E-state index contributed by atoms with van der Waals surface area (Å²) in [5.74, 6) is -0.0337. The first-order valence-electron chi connectivity index (χ1n) is 11.8. The molecule has 5 rings (SSSR count). The molecule has 0 spiro atoms. The number of anilines is 2. The van der Waals surface area contributed by atoms with Crippen LogP contribution in [0.15, 0.2) is 94.5 Å². The Kier molecular flexibility index (Phi) is 7.15. The molecule has 8 heteroatoms. The molecule has 188 valence electrons. The number of pyridine rings is 1. The highest BCUT2D eigenvalue weighted by atomic mass is 32.2.